The molecule has 2 rings (SSSR count). The van der Waals surface area contributed by atoms with Crippen molar-refractivity contribution in [2.75, 3.05) is 0 Å². The molecule has 0 saturated heterocycles. The lowest BCUT2D eigenvalue weighted by Gasteiger charge is -2.10. The van der Waals surface area contributed by atoms with Crippen molar-refractivity contribution in [2.45, 2.75) is 13.5 Å². The molecule has 4 heteroatoms. The van der Waals surface area contributed by atoms with E-state index >= 15 is 0 Å². The van der Waals surface area contributed by atoms with E-state index in [9.17, 15) is 4.79 Å². The molecular weight excluding hydrogens is 281 g/mol. The molecule has 19 heavy (non-hydrogen) atoms. The van der Waals surface area contributed by atoms with E-state index in [1.165, 1.54) is 0 Å². The molecule has 2 aromatic carbocycles. The molecule has 1 amide bonds. The number of amides is 1. The third kappa shape index (κ3) is 3.28. The number of hydrogen-bond donors (Lipinski definition) is 1. The monoisotopic (exact) mass is 293 g/mol. The Hall–Kier alpha value is -1.51. The summed E-state index contributed by atoms with van der Waals surface area (Å²) in [6, 6.07) is 12.9. The molecule has 0 spiro atoms. The number of carbonyl (C=O) groups is 1. The molecule has 2 aromatic rings. The van der Waals surface area contributed by atoms with Gasteiger partial charge in [-0.25, -0.2) is 0 Å². The lowest BCUT2D eigenvalue weighted by molar-refractivity contribution is 0.0951. The van der Waals surface area contributed by atoms with Crippen molar-refractivity contribution in [1.82, 2.24) is 5.32 Å². The predicted octanol–water partition coefficient (Wildman–Crippen LogP) is 4.23. The number of carbonyl (C=O) groups excluding carboxylic acids is 1. The molecule has 0 fully saturated rings. The zero-order valence-corrected chi connectivity index (χ0v) is 11.9. The summed E-state index contributed by atoms with van der Waals surface area (Å²) >= 11 is 12.0. The van der Waals surface area contributed by atoms with Crippen molar-refractivity contribution in [3.8, 4) is 0 Å². The summed E-state index contributed by atoms with van der Waals surface area (Å²) in [4.78, 5) is 12.1. The van der Waals surface area contributed by atoms with Crippen molar-refractivity contribution >= 4 is 29.1 Å². The Morgan fingerprint density at radius 1 is 1.05 bits per heavy atom. The Morgan fingerprint density at radius 3 is 2.32 bits per heavy atom. The molecule has 0 radical (unpaired) electrons. The Bertz CT molecular complexity index is 591. The van der Waals surface area contributed by atoms with Crippen LogP contribution in [0.25, 0.3) is 0 Å². The van der Waals surface area contributed by atoms with Crippen LogP contribution in [0.15, 0.2) is 42.5 Å². The molecule has 0 unspecified atom stereocenters. The van der Waals surface area contributed by atoms with Crippen LogP contribution in [0.5, 0.6) is 0 Å². The van der Waals surface area contributed by atoms with Gasteiger partial charge in [0, 0.05) is 6.54 Å². The molecule has 0 bridgehead atoms. The van der Waals surface area contributed by atoms with E-state index in [0.717, 1.165) is 11.1 Å². The second-order valence-corrected chi connectivity index (χ2v) is 5.02. The van der Waals surface area contributed by atoms with Gasteiger partial charge in [-0.05, 0) is 30.2 Å². The molecule has 0 atom stereocenters. The normalized spacial score (nSPS) is 10.3. The van der Waals surface area contributed by atoms with Crippen molar-refractivity contribution in [3.63, 3.8) is 0 Å². The van der Waals surface area contributed by atoms with E-state index in [1.807, 2.05) is 31.2 Å². The highest BCUT2D eigenvalue weighted by molar-refractivity contribution is 6.39. The first-order valence-electron chi connectivity index (χ1n) is 5.86. The maximum atomic E-state index is 12.1. The van der Waals surface area contributed by atoms with E-state index < -0.39 is 0 Å². The maximum absolute atomic E-state index is 12.1. The standard InChI is InChI=1S/C15H13Cl2NO/c1-10-5-2-3-6-11(10)9-18-15(19)14-12(16)7-4-8-13(14)17/h2-8H,9H2,1H3,(H,18,19). The van der Waals surface area contributed by atoms with Crippen LogP contribution >= 0.6 is 23.2 Å². The Kier molecular flexibility index (Phi) is 4.46. The van der Waals surface area contributed by atoms with Gasteiger partial charge >= 0.3 is 0 Å². The predicted molar refractivity (Wildman–Crippen MR) is 78.8 cm³/mol. The minimum absolute atomic E-state index is 0.265. The molecule has 2 nitrogen and oxygen atoms in total. The first-order valence-corrected chi connectivity index (χ1v) is 6.62. The summed E-state index contributed by atoms with van der Waals surface area (Å²) in [5.74, 6) is -0.265. The van der Waals surface area contributed by atoms with Gasteiger partial charge in [0.15, 0.2) is 0 Å². The fourth-order valence-corrected chi connectivity index (χ4v) is 2.36. The molecule has 0 aliphatic carbocycles. The maximum Gasteiger partial charge on any atom is 0.254 e. The molecule has 0 saturated carbocycles. The van der Waals surface area contributed by atoms with Crippen LogP contribution in [-0.4, -0.2) is 5.91 Å². The fourth-order valence-electron chi connectivity index (χ4n) is 1.79. The van der Waals surface area contributed by atoms with Gasteiger partial charge in [-0.1, -0.05) is 53.5 Å². The largest absolute Gasteiger partial charge is 0.348 e. The van der Waals surface area contributed by atoms with E-state index in [-0.39, 0.29) is 5.91 Å². The van der Waals surface area contributed by atoms with Gasteiger partial charge in [-0.3, -0.25) is 4.79 Å². The van der Waals surface area contributed by atoms with Gasteiger partial charge in [0.1, 0.15) is 0 Å². The lowest BCUT2D eigenvalue weighted by atomic mass is 10.1. The SMILES string of the molecule is Cc1ccccc1CNC(=O)c1c(Cl)cccc1Cl. The second-order valence-electron chi connectivity index (χ2n) is 4.21. The zero-order chi connectivity index (χ0) is 13.8. The van der Waals surface area contributed by atoms with Crippen LogP contribution in [0.1, 0.15) is 21.5 Å². The van der Waals surface area contributed by atoms with Crippen LogP contribution in [0, 0.1) is 6.92 Å². The van der Waals surface area contributed by atoms with Crippen molar-refractivity contribution in [3.05, 3.63) is 69.2 Å². The van der Waals surface area contributed by atoms with Crippen LogP contribution in [0.4, 0.5) is 0 Å². The van der Waals surface area contributed by atoms with Crippen LogP contribution in [-0.2, 0) is 6.54 Å². The number of halogens is 2. The van der Waals surface area contributed by atoms with Crippen LogP contribution in [0.2, 0.25) is 10.0 Å². The molecule has 0 aliphatic heterocycles. The number of hydrogen-bond acceptors (Lipinski definition) is 1. The quantitative estimate of drug-likeness (QED) is 0.901. The fraction of sp³-hybridized carbons (Fsp3) is 0.133. The van der Waals surface area contributed by atoms with Gasteiger partial charge < -0.3 is 5.32 Å². The van der Waals surface area contributed by atoms with Crippen LogP contribution < -0.4 is 5.32 Å². The number of aryl methyl sites for hydroxylation is 1. The zero-order valence-electron chi connectivity index (χ0n) is 10.4. The highest BCUT2D eigenvalue weighted by Gasteiger charge is 2.14. The number of nitrogens with one attached hydrogen (secondary N) is 1. The van der Waals surface area contributed by atoms with Gasteiger partial charge in [-0.2, -0.15) is 0 Å². The van der Waals surface area contributed by atoms with E-state index in [4.69, 9.17) is 23.2 Å². The molecule has 0 aromatic heterocycles. The Morgan fingerprint density at radius 2 is 1.68 bits per heavy atom. The topological polar surface area (TPSA) is 29.1 Å². The van der Waals surface area contributed by atoms with E-state index in [1.54, 1.807) is 18.2 Å². The number of benzene rings is 2. The second kappa shape index (κ2) is 6.09. The summed E-state index contributed by atoms with van der Waals surface area (Å²) in [7, 11) is 0. The van der Waals surface area contributed by atoms with Gasteiger partial charge in [0.2, 0.25) is 0 Å². The minimum Gasteiger partial charge on any atom is -0.348 e. The minimum atomic E-state index is -0.265. The summed E-state index contributed by atoms with van der Waals surface area (Å²) in [6.07, 6.45) is 0. The smallest absolute Gasteiger partial charge is 0.254 e. The highest BCUT2D eigenvalue weighted by Crippen LogP contribution is 2.24. The molecule has 0 heterocycles. The lowest BCUT2D eigenvalue weighted by Crippen LogP contribution is -2.23. The van der Waals surface area contributed by atoms with Gasteiger partial charge in [0.05, 0.1) is 15.6 Å². The molecule has 98 valence electrons. The average Bonchev–Trinajstić information content (AvgIpc) is 2.37. The van der Waals surface area contributed by atoms with Crippen LogP contribution in [0.3, 0.4) is 0 Å². The Labute approximate surface area is 122 Å². The third-order valence-corrected chi connectivity index (χ3v) is 3.52. The molecule has 0 aliphatic rings. The Balaban J connectivity index is 2.13. The summed E-state index contributed by atoms with van der Waals surface area (Å²) in [5.41, 5.74) is 2.52. The van der Waals surface area contributed by atoms with Gasteiger partial charge in [0.25, 0.3) is 5.91 Å². The van der Waals surface area contributed by atoms with Crippen molar-refractivity contribution in [1.29, 1.82) is 0 Å². The first-order chi connectivity index (χ1) is 9.09. The van der Waals surface area contributed by atoms with Crippen molar-refractivity contribution < 1.29 is 4.79 Å². The van der Waals surface area contributed by atoms with Crippen molar-refractivity contribution in [2.24, 2.45) is 0 Å². The highest BCUT2D eigenvalue weighted by atomic mass is 35.5. The van der Waals surface area contributed by atoms with E-state index in [0.29, 0.717) is 22.2 Å². The third-order valence-electron chi connectivity index (χ3n) is 2.89. The van der Waals surface area contributed by atoms with E-state index in [2.05, 4.69) is 5.32 Å². The summed E-state index contributed by atoms with van der Waals surface area (Å²) in [6.45, 7) is 2.46. The van der Waals surface area contributed by atoms with Gasteiger partial charge in [-0.15, -0.1) is 0 Å². The molecular formula is C15H13Cl2NO. The first kappa shape index (κ1) is 13.9. The summed E-state index contributed by atoms with van der Waals surface area (Å²) < 4.78 is 0. The number of rotatable bonds is 3. The summed E-state index contributed by atoms with van der Waals surface area (Å²) in [5, 5.41) is 3.54. The average molecular weight is 294 g/mol. The molecule has 1 N–H and O–H groups in total.